The molecule has 0 N–H and O–H groups in total. The van der Waals surface area contributed by atoms with Crippen molar-refractivity contribution in [2.24, 2.45) is 0 Å². The molecule has 5 nitrogen and oxygen atoms in total. The van der Waals surface area contributed by atoms with E-state index in [0.29, 0.717) is 19.6 Å². The van der Waals surface area contributed by atoms with Gasteiger partial charge in [0.2, 0.25) is 0 Å². The van der Waals surface area contributed by atoms with Gasteiger partial charge >= 0.3 is 13.1 Å². The van der Waals surface area contributed by atoms with Crippen molar-refractivity contribution < 1.29 is 23.6 Å². The highest BCUT2D eigenvalue weighted by Crippen LogP contribution is 2.36. The van der Waals surface area contributed by atoms with Crippen molar-refractivity contribution in [2.75, 3.05) is 13.2 Å². The van der Waals surface area contributed by atoms with Gasteiger partial charge in [-0.1, -0.05) is 12.1 Å². The second-order valence-electron chi connectivity index (χ2n) is 7.62. The highest BCUT2D eigenvalue weighted by Gasteiger charge is 2.51. The van der Waals surface area contributed by atoms with E-state index in [2.05, 4.69) is 0 Å². The molecule has 144 valence electrons. The molecule has 0 unspecified atom stereocenters. The van der Waals surface area contributed by atoms with Gasteiger partial charge in [-0.05, 0) is 71.5 Å². The van der Waals surface area contributed by atoms with E-state index in [1.165, 1.54) is 0 Å². The number of rotatable bonds is 9. The average Bonchev–Trinajstić information content (AvgIpc) is 2.79. The zero-order chi connectivity index (χ0) is 19.2. The molecule has 1 aliphatic heterocycles. The van der Waals surface area contributed by atoms with Crippen LogP contribution in [0.25, 0.3) is 0 Å². The molecule has 1 aliphatic rings. The first-order valence-corrected chi connectivity index (χ1v) is 9.49. The maximum absolute atomic E-state index is 11.2. The summed E-state index contributed by atoms with van der Waals surface area (Å²) in [6.07, 6.45) is 3.18. The molecule has 0 saturated carbocycles. The Balaban J connectivity index is 1.71. The second-order valence-corrected chi connectivity index (χ2v) is 7.62. The number of esters is 1. The molecule has 0 amide bonds. The predicted octanol–water partition coefficient (Wildman–Crippen LogP) is 3.49. The summed E-state index contributed by atoms with van der Waals surface area (Å²) in [7, 11) is -0.350. The van der Waals surface area contributed by atoms with E-state index >= 15 is 0 Å². The minimum absolute atomic E-state index is 0.119. The molecule has 1 saturated heterocycles. The minimum atomic E-state index is -0.350. The standard InChI is InChI=1S/C20H31BO5/c1-6-23-18(22)10-8-7-9-15-24-17-13-11-16(12-14-17)21-25-19(2,3)20(4,5)26-21/h11-14H,6-10,15H2,1-5H3. The smallest absolute Gasteiger partial charge is 0.494 e. The molecule has 0 spiro atoms. The SMILES string of the molecule is CCOC(=O)CCCCCOc1ccc(B2OC(C)(C)C(C)(C)O2)cc1. The highest BCUT2D eigenvalue weighted by atomic mass is 16.7. The number of unbranched alkanes of at least 4 members (excludes halogenated alkanes) is 2. The van der Waals surface area contributed by atoms with Crippen LogP contribution in [-0.2, 0) is 18.8 Å². The van der Waals surface area contributed by atoms with Crippen LogP contribution in [0.15, 0.2) is 24.3 Å². The molecule has 6 heteroatoms. The summed E-state index contributed by atoms with van der Waals surface area (Å²) in [5, 5.41) is 0. The number of hydrogen-bond donors (Lipinski definition) is 0. The Kier molecular flexibility index (Phi) is 7.12. The van der Waals surface area contributed by atoms with E-state index in [1.54, 1.807) is 0 Å². The molecule has 1 aromatic rings. The number of benzene rings is 1. The number of carbonyl (C=O) groups excluding carboxylic acids is 1. The zero-order valence-electron chi connectivity index (χ0n) is 16.7. The van der Waals surface area contributed by atoms with Crippen LogP contribution in [0.2, 0.25) is 0 Å². The van der Waals surface area contributed by atoms with Gasteiger partial charge in [0.1, 0.15) is 5.75 Å². The quantitative estimate of drug-likeness (QED) is 0.382. The molecule has 0 radical (unpaired) electrons. The molecule has 1 heterocycles. The summed E-state index contributed by atoms with van der Waals surface area (Å²) in [5.74, 6) is 0.711. The van der Waals surface area contributed by atoms with Crippen molar-refractivity contribution in [2.45, 2.75) is 71.5 Å². The molecular formula is C20H31BO5. The third kappa shape index (κ3) is 5.48. The Labute approximate surface area is 157 Å². The van der Waals surface area contributed by atoms with Gasteiger partial charge in [0, 0.05) is 6.42 Å². The van der Waals surface area contributed by atoms with Gasteiger partial charge in [0.25, 0.3) is 0 Å². The first-order valence-electron chi connectivity index (χ1n) is 9.49. The maximum atomic E-state index is 11.2. The van der Waals surface area contributed by atoms with E-state index in [1.807, 2.05) is 58.9 Å². The van der Waals surface area contributed by atoms with Gasteiger partial charge in [0.05, 0.1) is 24.4 Å². The van der Waals surface area contributed by atoms with E-state index in [9.17, 15) is 4.79 Å². The normalized spacial score (nSPS) is 18.0. The lowest BCUT2D eigenvalue weighted by atomic mass is 9.79. The Morgan fingerprint density at radius 3 is 2.19 bits per heavy atom. The Morgan fingerprint density at radius 1 is 1.00 bits per heavy atom. The summed E-state index contributed by atoms with van der Waals surface area (Å²) in [6, 6.07) is 7.86. The molecule has 1 fully saturated rings. The first-order chi connectivity index (χ1) is 12.2. The van der Waals surface area contributed by atoms with Crippen LogP contribution in [0.4, 0.5) is 0 Å². The van der Waals surface area contributed by atoms with Crippen molar-refractivity contribution >= 4 is 18.6 Å². The van der Waals surface area contributed by atoms with Crippen LogP contribution in [0, 0.1) is 0 Å². The van der Waals surface area contributed by atoms with Crippen molar-refractivity contribution in [3.8, 4) is 5.75 Å². The largest absolute Gasteiger partial charge is 0.494 e. The lowest BCUT2D eigenvalue weighted by Crippen LogP contribution is -2.41. The van der Waals surface area contributed by atoms with E-state index < -0.39 is 0 Å². The summed E-state index contributed by atoms with van der Waals surface area (Å²) in [5.41, 5.74) is 0.317. The van der Waals surface area contributed by atoms with Crippen LogP contribution >= 0.6 is 0 Å². The van der Waals surface area contributed by atoms with E-state index in [-0.39, 0.29) is 24.3 Å². The molecule has 2 rings (SSSR count). The minimum Gasteiger partial charge on any atom is -0.494 e. The Morgan fingerprint density at radius 2 is 1.62 bits per heavy atom. The Bertz CT molecular complexity index is 566. The van der Waals surface area contributed by atoms with E-state index in [0.717, 1.165) is 30.5 Å². The van der Waals surface area contributed by atoms with Gasteiger partial charge in [0.15, 0.2) is 0 Å². The molecule has 0 bridgehead atoms. The van der Waals surface area contributed by atoms with Crippen LogP contribution < -0.4 is 10.2 Å². The highest BCUT2D eigenvalue weighted by molar-refractivity contribution is 6.62. The van der Waals surface area contributed by atoms with Crippen molar-refractivity contribution in [1.82, 2.24) is 0 Å². The van der Waals surface area contributed by atoms with Crippen LogP contribution in [0.1, 0.15) is 60.3 Å². The number of carbonyl (C=O) groups is 1. The third-order valence-electron chi connectivity index (χ3n) is 5.00. The summed E-state index contributed by atoms with van der Waals surface area (Å²) in [6.45, 7) is 11.1. The third-order valence-corrected chi connectivity index (χ3v) is 5.00. The van der Waals surface area contributed by atoms with Crippen LogP contribution in [0.5, 0.6) is 5.75 Å². The zero-order valence-corrected chi connectivity index (χ0v) is 16.7. The van der Waals surface area contributed by atoms with Crippen LogP contribution in [0.3, 0.4) is 0 Å². The molecule has 0 aromatic heterocycles. The maximum Gasteiger partial charge on any atom is 0.494 e. The number of hydrogen-bond acceptors (Lipinski definition) is 5. The average molecular weight is 362 g/mol. The number of ether oxygens (including phenoxy) is 2. The van der Waals surface area contributed by atoms with Crippen molar-refractivity contribution in [1.29, 1.82) is 0 Å². The lowest BCUT2D eigenvalue weighted by molar-refractivity contribution is -0.143. The summed E-state index contributed by atoms with van der Waals surface area (Å²) >= 11 is 0. The first kappa shape index (κ1) is 20.8. The molecular weight excluding hydrogens is 331 g/mol. The van der Waals surface area contributed by atoms with Gasteiger partial charge in [-0.15, -0.1) is 0 Å². The van der Waals surface area contributed by atoms with Crippen molar-refractivity contribution in [3.05, 3.63) is 24.3 Å². The second kappa shape index (κ2) is 8.91. The molecule has 0 aliphatic carbocycles. The van der Waals surface area contributed by atoms with Gasteiger partial charge in [-0.25, -0.2) is 0 Å². The van der Waals surface area contributed by atoms with Crippen LogP contribution in [-0.4, -0.2) is 37.5 Å². The summed E-state index contributed by atoms with van der Waals surface area (Å²) < 4.78 is 22.8. The fraction of sp³-hybridized carbons (Fsp3) is 0.650. The predicted molar refractivity (Wildman–Crippen MR) is 103 cm³/mol. The fourth-order valence-electron chi connectivity index (χ4n) is 2.67. The lowest BCUT2D eigenvalue weighted by Gasteiger charge is -2.32. The molecule has 26 heavy (non-hydrogen) atoms. The van der Waals surface area contributed by atoms with Gasteiger partial charge < -0.3 is 18.8 Å². The van der Waals surface area contributed by atoms with E-state index in [4.69, 9.17) is 18.8 Å². The van der Waals surface area contributed by atoms with Gasteiger partial charge in [-0.2, -0.15) is 0 Å². The Hall–Kier alpha value is -1.53. The molecule has 0 atom stereocenters. The van der Waals surface area contributed by atoms with Gasteiger partial charge in [-0.3, -0.25) is 4.79 Å². The summed E-state index contributed by atoms with van der Waals surface area (Å²) in [4.78, 5) is 11.2. The monoisotopic (exact) mass is 362 g/mol. The topological polar surface area (TPSA) is 54.0 Å². The fourth-order valence-corrected chi connectivity index (χ4v) is 2.67. The van der Waals surface area contributed by atoms with Crippen molar-refractivity contribution in [3.63, 3.8) is 0 Å². The molecule has 1 aromatic carbocycles.